The van der Waals surface area contributed by atoms with E-state index >= 15 is 0 Å². The third-order valence-corrected chi connectivity index (χ3v) is 3.02. The molecule has 0 aromatic heterocycles. The SMILES string of the molecule is CCCCC(C)NCc1ccc(CC(=O)O)cc1. The molecule has 0 heterocycles. The van der Waals surface area contributed by atoms with Crippen molar-refractivity contribution in [3.8, 4) is 0 Å². The summed E-state index contributed by atoms with van der Waals surface area (Å²) in [5.74, 6) is -0.783. The maximum atomic E-state index is 10.6. The fourth-order valence-electron chi connectivity index (χ4n) is 1.85. The second-order valence-corrected chi connectivity index (χ2v) is 4.81. The number of carbonyl (C=O) groups is 1. The summed E-state index contributed by atoms with van der Waals surface area (Å²) in [4.78, 5) is 10.6. The molecule has 1 unspecified atom stereocenters. The standard InChI is InChI=1S/C15H23NO2/c1-3-4-5-12(2)16-11-14-8-6-13(7-9-14)10-15(17)18/h6-9,12,16H,3-5,10-11H2,1-2H3,(H,17,18). The molecule has 0 aliphatic carbocycles. The van der Waals surface area contributed by atoms with Gasteiger partial charge in [-0.25, -0.2) is 0 Å². The van der Waals surface area contributed by atoms with Crippen LogP contribution < -0.4 is 5.32 Å². The van der Waals surface area contributed by atoms with Crippen molar-refractivity contribution in [2.75, 3.05) is 0 Å². The predicted octanol–water partition coefficient (Wildman–Crippen LogP) is 2.98. The van der Waals surface area contributed by atoms with Gasteiger partial charge in [0.25, 0.3) is 0 Å². The second-order valence-electron chi connectivity index (χ2n) is 4.81. The molecule has 2 N–H and O–H groups in total. The maximum absolute atomic E-state index is 10.6. The summed E-state index contributed by atoms with van der Waals surface area (Å²) >= 11 is 0. The van der Waals surface area contributed by atoms with Gasteiger partial charge < -0.3 is 10.4 Å². The summed E-state index contributed by atoms with van der Waals surface area (Å²) in [5, 5.41) is 12.2. The lowest BCUT2D eigenvalue weighted by Gasteiger charge is -2.13. The number of hydrogen-bond donors (Lipinski definition) is 2. The first kappa shape index (κ1) is 14.7. The average molecular weight is 249 g/mol. The lowest BCUT2D eigenvalue weighted by Crippen LogP contribution is -2.25. The molecule has 0 fully saturated rings. The first-order chi connectivity index (χ1) is 8.61. The zero-order chi connectivity index (χ0) is 13.4. The summed E-state index contributed by atoms with van der Waals surface area (Å²) in [6.07, 6.45) is 3.79. The molecule has 100 valence electrons. The quantitative estimate of drug-likeness (QED) is 0.744. The van der Waals surface area contributed by atoms with Gasteiger partial charge in [-0.05, 0) is 24.5 Å². The third kappa shape index (κ3) is 5.82. The summed E-state index contributed by atoms with van der Waals surface area (Å²) in [6.45, 7) is 5.25. The normalized spacial score (nSPS) is 12.3. The Kier molecular flexibility index (Phi) is 6.44. The molecule has 0 aliphatic rings. The molecule has 0 amide bonds. The van der Waals surface area contributed by atoms with Gasteiger partial charge in [0.15, 0.2) is 0 Å². The predicted molar refractivity (Wildman–Crippen MR) is 73.6 cm³/mol. The van der Waals surface area contributed by atoms with E-state index in [2.05, 4.69) is 19.2 Å². The van der Waals surface area contributed by atoms with E-state index in [-0.39, 0.29) is 6.42 Å². The summed E-state index contributed by atoms with van der Waals surface area (Å²) < 4.78 is 0. The van der Waals surface area contributed by atoms with Gasteiger partial charge in [-0.2, -0.15) is 0 Å². The molecular weight excluding hydrogens is 226 g/mol. The first-order valence-corrected chi connectivity index (χ1v) is 6.64. The highest BCUT2D eigenvalue weighted by molar-refractivity contribution is 5.70. The molecule has 0 saturated carbocycles. The van der Waals surface area contributed by atoms with Crippen LogP contribution in [0.2, 0.25) is 0 Å². The lowest BCUT2D eigenvalue weighted by atomic mass is 10.1. The minimum absolute atomic E-state index is 0.0978. The molecule has 3 heteroatoms. The van der Waals surface area contributed by atoms with Crippen LogP contribution in [-0.2, 0) is 17.8 Å². The van der Waals surface area contributed by atoms with Crippen molar-refractivity contribution < 1.29 is 9.90 Å². The van der Waals surface area contributed by atoms with E-state index in [1.165, 1.54) is 24.8 Å². The van der Waals surface area contributed by atoms with Gasteiger partial charge in [-0.1, -0.05) is 44.0 Å². The molecule has 3 nitrogen and oxygen atoms in total. The molecular formula is C15H23NO2. The van der Waals surface area contributed by atoms with Crippen molar-refractivity contribution in [3.63, 3.8) is 0 Å². The van der Waals surface area contributed by atoms with Crippen LogP contribution in [0.15, 0.2) is 24.3 Å². The summed E-state index contributed by atoms with van der Waals surface area (Å²) in [6, 6.07) is 8.31. The molecule has 18 heavy (non-hydrogen) atoms. The van der Waals surface area contributed by atoms with Gasteiger partial charge in [0.1, 0.15) is 0 Å². The fraction of sp³-hybridized carbons (Fsp3) is 0.533. The van der Waals surface area contributed by atoms with Gasteiger partial charge in [-0.3, -0.25) is 4.79 Å². The maximum Gasteiger partial charge on any atom is 0.307 e. The molecule has 1 aromatic carbocycles. The topological polar surface area (TPSA) is 49.3 Å². The minimum Gasteiger partial charge on any atom is -0.481 e. The highest BCUT2D eigenvalue weighted by Gasteiger charge is 2.02. The number of unbranched alkanes of at least 4 members (excludes halogenated alkanes) is 1. The van der Waals surface area contributed by atoms with Crippen LogP contribution in [-0.4, -0.2) is 17.1 Å². The van der Waals surface area contributed by atoms with Crippen molar-refractivity contribution in [3.05, 3.63) is 35.4 Å². The molecule has 0 saturated heterocycles. The largest absolute Gasteiger partial charge is 0.481 e. The Hall–Kier alpha value is -1.35. The summed E-state index contributed by atoms with van der Waals surface area (Å²) in [5.41, 5.74) is 2.05. The van der Waals surface area contributed by atoms with Gasteiger partial charge in [-0.15, -0.1) is 0 Å². The van der Waals surface area contributed by atoms with Gasteiger partial charge >= 0.3 is 5.97 Å². The van der Waals surface area contributed by atoms with Crippen molar-refractivity contribution in [1.82, 2.24) is 5.32 Å². The van der Waals surface area contributed by atoms with Crippen LogP contribution in [0.3, 0.4) is 0 Å². The molecule has 0 aliphatic heterocycles. The van der Waals surface area contributed by atoms with E-state index < -0.39 is 5.97 Å². The van der Waals surface area contributed by atoms with Crippen LogP contribution >= 0.6 is 0 Å². The number of hydrogen-bond acceptors (Lipinski definition) is 2. The van der Waals surface area contributed by atoms with Crippen LogP contribution in [0, 0.1) is 0 Å². The molecule has 1 atom stereocenters. The van der Waals surface area contributed by atoms with Crippen LogP contribution in [0.25, 0.3) is 0 Å². The Bertz CT molecular complexity index is 359. The van der Waals surface area contributed by atoms with Crippen LogP contribution in [0.5, 0.6) is 0 Å². The second kappa shape index (κ2) is 7.88. The fourth-order valence-corrected chi connectivity index (χ4v) is 1.85. The van der Waals surface area contributed by atoms with Gasteiger partial charge in [0, 0.05) is 12.6 Å². The van der Waals surface area contributed by atoms with Gasteiger partial charge in [0.05, 0.1) is 6.42 Å². The highest BCUT2D eigenvalue weighted by atomic mass is 16.4. The Labute approximate surface area is 109 Å². The monoisotopic (exact) mass is 249 g/mol. The van der Waals surface area contributed by atoms with Gasteiger partial charge in [0.2, 0.25) is 0 Å². The van der Waals surface area contributed by atoms with Crippen molar-refractivity contribution in [1.29, 1.82) is 0 Å². The number of nitrogens with one attached hydrogen (secondary N) is 1. The number of benzene rings is 1. The summed E-state index contributed by atoms with van der Waals surface area (Å²) in [7, 11) is 0. The van der Waals surface area contributed by atoms with Crippen LogP contribution in [0.1, 0.15) is 44.2 Å². The minimum atomic E-state index is -0.783. The molecule has 0 spiro atoms. The molecule has 0 radical (unpaired) electrons. The van der Waals surface area contributed by atoms with Crippen LogP contribution in [0.4, 0.5) is 0 Å². The van der Waals surface area contributed by atoms with Crippen molar-refractivity contribution >= 4 is 5.97 Å². The van der Waals surface area contributed by atoms with Crippen molar-refractivity contribution in [2.45, 2.75) is 52.1 Å². The Morgan fingerprint density at radius 3 is 2.44 bits per heavy atom. The Balaban J connectivity index is 2.36. The number of carboxylic acids is 1. The smallest absolute Gasteiger partial charge is 0.307 e. The molecule has 1 aromatic rings. The van der Waals surface area contributed by atoms with E-state index in [1.807, 2.05) is 24.3 Å². The highest BCUT2D eigenvalue weighted by Crippen LogP contribution is 2.06. The van der Waals surface area contributed by atoms with Crippen molar-refractivity contribution in [2.24, 2.45) is 0 Å². The molecule has 1 rings (SSSR count). The van der Waals surface area contributed by atoms with E-state index in [0.29, 0.717) is 6.04 Å². The lowest BCUT2D eigenvalue weighted by molar-refractivity contribution is -0.136. The zero-order valence-electron chi connectivity index (χ0n) is 11.3. The number of carboxylic acid groups (broad SMARTS) is 1. The zero-order valence-corrected chi connectivity index (χ0v) is 11.3. The Morgan fingerprint density at radius 2 is 1.89 bits per heavy atom. The van der Waals surface area contributed by atoms with E-state index in [0.717, 1.165) is 12.1 Å². The van der Waals surface area contributed by atoms with E-state index in [1.54, 1.807) is 0 Å². The average Bonchev–Trinajstić information content (AvgIpc) is 2.35. The number of rotatable bonds is 8. The number of aliphatic carboxylic acids is 1. The van der Waals surface area contributed by atoms with E-state index in [4.69, 9.17) is 5.11 Å². The van der Waals surface area contributed by atoms with E-state index in [9.17, 15) is 4.79 Å². The third-order valence-electron chi connectivity index (χ3n) is 3.02. The first-order valence-electron chi connectivity index (χ1n) is 6.64. The molecule has 0 bridgehead atoms. The Morgan fingerprint density at radius 1 is 1.28 bits per heavy atom.